The van der Waals surface area contributed by atoms with Gasteiger partial charge in [-0.3, -0.25) is 4.79 Å². The number of nitrogens with one attached hydrogen (secondary N) is 1. The predicted molar refractivity (Wildman–Crippen MR) is 84.0 cm³/mol. The molecule has 1 aliphatic heterocycles. The number of rotatable bonds is 5. The van der Waals surface area contributed by atoms with Crippen molar-refractivity contribution >= 4 is 11.6 Å². The number of anilines is 1. The van der Waals surface area contributed by atoms with Crippen LogP contribution < -0.4 is 10.1 Å². The fourth-order valence-corrected chi connectivity index (χ4v) is 2.69. The highest BCUT2D eigenvalue weighted by atomic mass is 16.5. The van der Waals surface area contributed by atoms with E-state index in [2.05, 4.69) is 15.3 Å². The maximum atomic E-state index is 12.6. The third-order valence-corrected chi connectivity index (χ3v) is 3.84. The van der Waals surface area contributed by atoms with Crippen LogP contribution in [0.1, 0.15) is 25.3 Å². The molecule has 1 saturated heterocycles. The molecule has 0 radical (unpaired) electrons. The number of aryl methyl sites for hydroxylation is 1. The molecule has 1 aliphatic rings. The lowest BCUT2D eigenvalue weighted by Crippen LogP contribution is -2.26. The van der Waals surface area contributed by atoms with Crippen LogP contribution >= 0.6 is 0 Å². The molecule has 2 aromatic heterocycles. The van der Waals surface area contributed by atoms with Crippen molar-refractivity contribution in [3.05, 3.63) is 36.5 Å². The van der Waals surface area contributed by atoms with Crippen molar-refractivity contribution in [2.45, 2.75) is 19.4 Å². The van der Waals surface area contributed by atoms with Crippen molar-refractivity contribution in [1.29, 1.82) is 0 Å². The molecule has 0 aliphatic carbocycles. The van der Waals surface area contributed by atoms with E-state index >= 15 is 0 Å². The van der Waals surface area contributed by atoms with Crippen molar-refractivity contribution in [2.24, 2.45) is 13.0 Å². The van der Waals surface area contributed by atoms with Crippen LogP contribution in [-0.2, 0) is 16.6 Å². The number of hydrogen-bond acceptors (Lipinski definition) is 5. The van der Waals surface area contributed by atoms with Crippen molar-refractivity contribution in [2.75, 3.05) is 18.5 Å². The lowest BCUT2D eigenvalue weighted by Gasteiger charge is -2.18. The number of carbonyl (C=O) groups excluding carboxylic acids is 1. The van der Waals surface area contributed by atoms with E-state index in [9.17, 15) is 4.79 Å². The van der Waals surface area contributed by atoms with Crippen LogP contribution in [0.2, 0.25) is 0 Å². The molecule has 1 amide bonds. The van der Waals surface area contributed by atoms with Gasteiger partial charge in [0.25, 0.3) is 0 Å². The fourth-order valence-electron chi connectivity index (χ4n) is 2.69. The minimum Gasteiger partial charge on any atom is -0.478 e. The summed E-state index contributed by atoms with van der Waals surface area (Å²) in [7, 11) is 1.90. The van der Waals surface area contributed by atoms with Crippen LogP contribution in [0.15, 0.2) is 30.7 Å². The van der Waals surface area contributed by atoms with Gasteiger partial charge in [0.2, 0.25) is 11.8 Å². The zero-order chi connectivity index (χ0) is 16.2. The molecule has 7 nitrogen and oxygen atoms in total. The van der Waals surface area contributed by atoms with Crippen LogP contribution in [0.3, 0.4) is 0 Å². The predicted octanol–water partition coefficient (Wildman–Crippen LogP) is 1.93. The second-order valence-electron chi connectivity index (χ2n) is 5.39. The molecule has 0 spiro atoms. The van der Waals surface area contributed by atoms with Gasteiger partial charge < -0.3 is 19.4 Å². The van der Waals surface area contributed by atoms with Gasteiger partial charge in [-0.2, -0.15) is 0 Å². The Labute approximate surface area is 134 Å². The smallest absolute Gasteiger partial charge is 0.230 e. The molecule has 0 aromatic carbocycles. The number of ether oxygens (including phenoxy) is 2. The van der Waals surface area contributed by atoms with Crippen molar-refractivity contribution < 1.29 is 14.3 Å². The monoisotopic (exact) mass is 316 g/mol. The summed E-state index contributed by atoms with van der Waals surface area (Å²) < 4.78 is 12.9. The first-order chi connectivity index (χ1) is 11.2. The first-order valence-corrected chi connectivity index (χ1v) is 7.67. The summed E-state index contributed by atoms with van der Waals surface area (Å²) in [4.78, 5) is 21.0. The third kappa shape index (κ3) is 3.34. The van der Waals surface area contributed by atoms with Crippen molar-refractivity contribution in [3.63, 3.8) is 0 Å². The second-order valence-corrected chi connectivity index (χ2v) is 5.39. The Balaban J connectivity index is 1.68. The van der Waals surface area contributed by atoms with Crippen LogP contribution in [0, 0.1) is 5.92 Å². The Kier molecular flexibility index (Phi) is 4.57. The van der Waals surface area contributed by atoms with Crippen molar-refractivity contribution in [3.8, 4) is 5.88 Å². The van der Waals surface area contributed by atoms with Crippen LogP contribution in [0.4, 0.5) is 5.69 Å². The lowest BCUT2D eigenvalue weighted by molar-refractivity contribution is -0.121. The van der Waals surface area contributed by atoms with Gasteiger partial charge in [-0.25, -0.2) is 9.97 Å². The van der Waals surface area contributed by atoms with Gasteiger partial charge >= 0.3 is 0 Å². The van der Waals surface area contributed by atoms with Gasteiger partial charge in [0.15, 0.2) is 0 Å². The maximum Gasteiger partial charge on any atom is 0.230 e. The molecule has 23 heavy (non-hydrogen) atoms. The second kappa shape index (κ2) is 6.78. The van der Waals surface area contributed by atoms with Gasteiger partial charge in [0, 0.05) is 32.1 Å². The Bertz CT molecular complexity index is 668. The van der Waals surface area contributed by atoms with Crippen molar-refractivity contribution in [1.82, 2.24) is 14.5 Å². The number of carbonyl (C=O) groups is 1. The van der Waals surface area contributed by atoms with Gasteiger partial charge in [-0.1, -0.05) is 0 Å². The van der Waals surface area contributed by atoms with E-state index < -0.39 is 0 Å². The topological polar surface area (TPSA) is 78.3 Å². The Morgan fingerprint density at radius 1 is 1.48 bits per heavy atom. The van der Waals surface area contributed by atoms with Crippen LogP contribution in [-0.4, -0.2) is 33.7 Å². The molecule has 2 atom stereocenters. The number of amides is 1. The standard InChI is InChI=1S/C16H20N4O3/c1-3-22-13-5-4-11(10-18-13)19-16(21)12-6-9-23-14(12)15-17-7-8-20(15)2/h4-5,7-8,10,12,14H,3,6,9H2,1-2H3,(H,19,21)/t12-,14-/m1/s1. The molecule has 3 rings (SSSR count). The highest BCUT2D eigenvalue weighted by Crippen LogP contribution is 2.34. The summed E-state index contributed by atoms with van der Waals surface area (Å²) in [5.41, 5.74) is 0.643. The molecule has 7 heteroatoms. The summed E-state index contributed by atoms with van der Waals surface area (Å²) in [5, 5.41) is 2.89. The van der Waals surface area contributed by atoms with Crippen LogP contribution in [0.5, 0.6) is 5.88 Å². The van der Waals surface area contributed by atoms with E-state index in [0.717, 1.165) is 5.82 Å². The molecular formula is C16H20N4O3. The number of aromatic nitrogens is 3. The third-order valence-electron chi connectivity index (χ3n) is 3.84. The minimum atomic E-state index is -0.314. The highest BCUT2D eigenvalue weighted by Gasteiger charge is 2.37. The minimum absolute atomic E-state index is 0.0820. The number of imidazole rings is 1. The van der Waals surface area contributed by atoms with E-state index in [1.807, 2.05) is 24.7 Å². The van der Waals surface area contributed by atoms with Gasteiger partial charge in [-0.15, -0.1) is 0 Å². The summed E-state index contributed by atoms with van der Waals surface area (Å²) in [6.45, 7) is 3.01. The molecule has 1 N–H and O–H groups in total. The maximum absolute atomic E-state index is 12.6. The summed E-state index contributed by atoms with van der Waals surface area (Å²) in [5.74, 6) is 0.970. The normalized spacial score (nSPS) is 20.4. The van der Waals surface area contributed by atoms with Gasteiger partial charge in [0.1, 0.15) is 11.9 Å². The molecule has 0 saturated carbocycles. The summed E-state index contributed by atoms with van der Waals surface area (Å²) >= 11 is 0. The van der Waals surface area contributed by atoms with E-state index in [-0.39, 0.29) is 17.9 Å². The molecule has 122 valence electrons. The number of hydrogen-bond donors (Lipinski definition) is 1. The number of nitrogens with zero attached hydrogens (tertiary/aromatic N) is 3. The molecule has 2 aromatic rings. The molecule has 3 heterocycles. The largest absolute Gasteiger partial charge is 0.478 e. The quantitative estimate of drug-likeness (QED) is 0.912. The molecule has 0 unspecified atom stereocenters. The summed E-state index contributed by atoms with van der Waals surface area (Å²) in [6, 6.07) is 3.52. The fraction of sp³-hybridized carbons (Fsp3) is 0.438. The van der Waals surface area contributed by atoms with E-state index in [1.165, 1.54) is 0 Å². The Hall–Kier alpha value is -2.41. The zero-order valence-electron chi connectivity index (χ0n) is 13.2. The zero-order valence-corrected chi connectivity index (χ0v) is 13.2. The van der Waals surface area contributed by atoms with Crippen LogP contribution in [0.25, 0.3) is 0 Å². The van der Waals surface area contributed by atoms with E-state index in [0.29, 0.717) is 31.2 Å². The first kappa shape index (κ1) is 15.5. The Morgan fingerprint density at radius 2 is 2.35 bits per heavy atom. The lowest BCUT2D eigenvalue weighted by atomic mass is 9.99. The summed E-state index contributed by atoms with van der Waals surface area (Å²) in [6.07, 6.45) is 5.51. The average molecular weight is 316 g/mol. The van der Waals surface area contributed by atoms with E-state index in [1.54, 1.807) is 24.5 Å². The SMILES string of the molecule is CCOc1ccc(NC(=O)[C@@H]2CCO[C@H]2c2nccn2C)cn1. The number of pyridine rings is 1. The molecule has 1 fully saturated rings. The molecule has 0 bridgehead atoms. The van der Waals surface area contributed by atoms with E-state index in [4.69, 9.17) is 9.47 Å². The van der Waals surface area contributed by atoms with Gasteiger partial charge in [0.05, 0.1) is 24.4 Å². The Morgan fingerprint density at radius 3 is 3.00 bits per heavy atom. The highest BCUT2D eigenvalue weighted by molar-refractivity contribution is 5.93. The average Bonchev–Trinajstić information content (AvgIpc) is 3.17. The molecular weight excluding hydrogens is 296 g/mol. The first-order valence-electron chi connectivity index (χ1n) is 7.67. The van der Waals surface area contributed by atoms with Gasteiger partial charge in [-0.05, 0) is 19.4 Å².